The minimum atomic E-state index is -0.458. The van der Waals surface area contributed by atoms with Gasteiger partial charge in [-0.15, -0.1) is 11.8 Å². The molecule has 2 unspecified atom stereocenters. The maximum atomic E-state index is 4.99. The molecule has 258 valence electrons. The molecule has 1 aliphatic heterocycles. The van der Waals surface area contributed by atoms with E-state index in [-0.39, 0.29) is 11.2 Å². The fourth-order valence-corrected chi connectivity index (χ4v) is 9.62. The van der Waals surface area contributed by atoms with E-state index < -0.39 is 5.41 Å². The number of benzene rings is 4. The zero-order valence-electron chi connectivity index (χ0n) is 29.6. The molecule has 3 heterocycles. The van der Waals surface area contributed by atoms with Gasteiger partial charge in [0.05, 0.1) is 11.1 Å². The van der Waals surface area contributed by atoms with Crippen LogP contribution in [0.15, 0.2) is 201 Å². The highest BCUT2D eigenvalue weighted by molar-refractivity contribution is 8.00. The van der Waals surface area contributed by atoms with Gasteiger partial charge in [-0.3, -0.25) is 4.98 Å². The number of aromatic nitrogens is 4. The molecule has 2 atom stereocenters. The molecule has 6 aromatic rings. The molecule has 9 rings (SSSR count). The van der Waals surface area contributed by atoms with Crippen molar-refractivity contribution in [1.29, 1.82) is 0 Å². The van der Waals surface area contributed by atoms with Crippen molar-refractivity contribution < 1.29 is 0 Å². The van der Waals surface area contributed by atoms with Crippen LogP contribution in [0.4, 0.5) is 0 Å². The van der Waals surface area contributed by atoms with Gasteiger partial charge >= 0.3 is 0 Å². The first-order valence-corrected chi connectivity index (χ1v) is 19.0. The molecule has 0 radical (unpaired) electrons. The Kier molecular flexibility index (Phi) is 8.78. The van der Waals surface area contributed by atoms with Gasteiger partial charge in [0.1, 0.15) is 6.33 Å². The van der Waals surface area contributed by atoms with Crippen molar-refractivity contribution in [1.82, 2.24) is 19.9 Å². The SMILES string of the molecule is C=C/C=C(/C=C/C=C(\C=C)c1ccc2c(c1)C1(c3ccccc3-c3ccccc31)C1C=C(c3ncnc(-c4ccccc4)n3)C=CC1S2)c1ccccn1. The van der Waals surface area contributed by atoms with Gasteiger partial charge in [0.2, 0.25) is 0 Å². The Morgan fingerprint density at radius 1 is 0.704 bits per heavy atom. The normalized spacial score (nSPS) is 18.0. The molecule has 4 aromatic carbocycles. The van der Waals surface area contributed by atoms with Crippen molar-refractivity contribution >= 4 is 28.5 Å². The number of pyridine rings is 1. The van der Waals surface area contributed by atoms with E-state index >= 15 is 0 Å². The maximum absolute atomic E-state index is 4.99. The molecule has 1 spiro atoms. The second-order valence-corrected chi connectivity index (χ2v) is 14.7. The van der Waals surface area contributed by atoms with Gasteiger partial charge < -0.3 is 0 Å². The molecule has 0 saturated carbocycles. The number of hydrogen-bond donors (Lipinski definition) is 0. The van der Waals surface area contributed by atoms with Gasteiger partial charge in [0, 0.05) is 39.0 Å². The average molecular weight is 713 g/mol. The third-order valence-electron chi connectivity index (χ3n) is 10.6. The van der Waals surface area contributed by atoms with Gasteiger partial charge in [0.15, 0.2) is 11.6 Å². The molecule has 3 aliphatic rings. The molecule has 0 N–H and O–H groups in total. The molecule has 0 fully saturated rings. The number of allylic oxidation sites excluding steroid dienone is 11. The third-order valence-corrected chi connectivity index (χ3v) is 11.9. The van der Waals surface area contributed by atoms with Gasteiger partial charge in [-0.25, -0.2) is 15.0 Å². The molecule has 2 aliphatic carbocycles. The van der Waals surface area contributed by atoms with Crippen LogP contribution < -0.4 is 0 Å². The predicted molar refractivity (Wildman–Crippen MR) is 223 cm³/mol. The van der Waals surface area contributed by atoms with Crippen molar-refractivity contribution in [2.75, 3.05) is 0 Å². The smallest absolute Gasteiger partial charge is 0.163 e. The zero-order valence-corrected chi connectivity index (χ0v) is 30.4. The standard InChI is InChI=1S/C49H36N4S/c1-3-15-34(44-24-12-13-29-50-44)19-14-18-33(4-2)36-25-27-45-42(30-36)49(40-22-10-8-20-38(40)39-21-9-11-23-41(39)49)43-31-37(26-28-46(43)54-45)48-52-32-51-47(53-48)35-16-6-5-7-17-35/h3-32,43,46H,1-2H2/b19-14+,33-18+,34-15-. The highest BCUT2D eigenvalue weighted by atomic mass is 32.2. The predicted octanol–water partition coefficient (Wildman–Crippen LogP) is 11.4. The van der Waals surface area contributed by atoms with Crippen LogP contribution in [0.1, 0.15) is 33.8 Å². The average Bonchev–Trinajstić information content (AvgIpc) is 3.53. The monoisotopic (exact) mass is 712 g/mol. The number of nitrogens with zero attached hydrogens (tertiary/aromatic N) is 4. The van der Waals surface area contributed by atoms with Crippen molar-refractivity contribution in [3.8, 4) is 22.5 Å². The van der Waals surface area contributed by atoms with Crippen LogP contribution >= 0.6 is 11.8 Å². The summed E-state index contributed by atoms with van der Waals surface area (Å²) in [6, 6.07) is 40.9. The summed E-state index contributed by atoms with van der Waals surface area (Å²) in [5.74, 6) is 1.42. The molecular weight excluding hydrogens is 677 g/mol. The molecule has 5 heteroatoms. The second-order valence-electron chi connectivity index (χ2n) is 13.5. The molecule has 0 amide bonds. The summed E-state index contributed by atoms with van der Waals surface area (Å²) < 4.78 is 0. The lowest BCUT2D eigenvalue weighted by atomic mass is 9.61. The van der Waals surface area contributed by atoms with E-state index in [1.165, 1.54) is 32.7 Å². The number of thioether (sulfide) groups is 1. The summed E-state index contributed by atoms with van der Waals surface area (Å²) >= 11 is 1.93. The van der Waals surface area contributed by atoms with E-state index in [0.29, 0.717) is 11.6 Å². The Bertz CT molecular complexity index is 2530. The summed E-state index contributed by atoms with van der Waals surface area (Å²) in [5.41, 5.74) is 12.1. The Labute approximate surface area is 320 Å². The van der Waals surface area contributed by atoms with Gasteiger partial charge in [-0.1, -0.05) is 159 Å². The first-order valence-electron chi connectivity index (χ1n) is 18.1. The van der Waals surface area contributed by atoms with Crippen LogP contribution in [0.25, 0.3) is 39.2 Å². The van der Waals surface area contributed by atoms with E-state index in [1.54, 1.807) is 12.4 Å². The van der Waals surface area contributed by atoms with Crippen molar-refractivity contribution in [2.24, 2.45) is 5.92 Å². The molecule has 0 saturated heterocycles. The van der Waals surface area contributed by atoms with Crippen molar-refractivity contribution in [3.05, 3.63) is 229 Å². The topological polar surface area (TPSA) is 51.6 Å². The van der Waals surface area contributed by atoms with E-state index in [4.69, 9.17) is 9.97 Å². The van der Waals surface area contributed by atoms with Gasteiger partial charge in [-0.2, -0.15) is 0 Å². The van der Waals surface area contributed by atoms with E-state index in [0.717, 1.165) is 33.5 Å². The first kappa shape index (κ1) is 33.4. The lowest BCUT2D eigenvalue weighted by Gasteiger charge is -2.48. The fraction of sp³-hybridized carbons (Fsp3) is 0.0612. The van der Waals surface area contributed by atoms with Crippen LogP contribution in [0.5, 0.6) is 0 Å². The summed E-state index contributed by atoms with van der Waals surface area (Å²) in [6.07, 6.45) is 22.4. The number of fused-ring (bicyclic) bond motifs is 9. The molecule has 54 heavy (non-hydrogen) atoms. The quantitative estimate of drug-likeness (QED) is 0.147. The zero-order chi connectivity index (χ0) is 36.5. The number of rotatable bonds is 8. The Morgan fingerprint density at radius 3 is 2.19 bits per heavy atom. The fourth-order valence-electron chi connectivity index (χ4n) is 8.25. The van der Waals surface area contributed by atoms with Crippen molar-refractivity contribution in [2.45, 2.75) is 15.6 Å². The summed E-state index contributed by atoms with van der Waals surface area (Å²) in [5, 5.41) is 0.195. The van der Waals surface area contributed by atoms with Crippen LogP contribution in [0, 0.1) is 5.92 Å². The van der Waals surface area contributed by atoms with Gasteiger partial charge in [-0.05, 0) is 63.2 Å². The van der Waals surface area contributed by atoms with E-state index in [1.807, 2.05) is 78.6 Å². The molecular formula is C49H36N4S. The lowest BCUT2D eigenvalue weighted by Crippen LogP contribution is -2.44. The van der Waals surface area contributed by atoms with E-state index in [2.05, 4.69) is 126 Å². The van der Waals surface area contributed by atoms with Crippen LogP contribution in [-0.2, 0) is 5.41 Å². The van der Waals surface area contributed by atoms with Gasteiger partial charge in [0.25, 0.3) is 0 Å². The van der Waals surface area contributed by atoms with Crippen LogP contribution in [0.2, 0.25) is 0 Å². The lowest BCUT2D eigenvalue weighted by molar-refractivity contribution is 0.450. The minimum absolute atomic E-state index is 0.0769. The highest BCUT2D eigenvalue weighted by Gasteiger charge is 2.55. The summed E-state index contributed by atoms with van der Waals surface area (Å²) in [4.78, 5) is 20.0. The maximum Gasteiger partial charge on any atom is 0.163 e. The van der Waals surface area contributed by atoms with E-state index in [9.17, 15) is 0 Å². The minimum Gasteiger partial charge on any atom is -0.256 e. The first-order chi connectivity index (χ1) is 26.7. The largest absolute Gasteiger partial charge is 0.256 e. The second kappa shape index (κ2) is 14.2. The summed E-state index contributed by atoms with van der Waals surface area (Å²) in [6.45, 7) is 8.17. The third kappa shape index (κ3) is 5.65. The Morgan fingerprint density at radius 2 is 1.44 bits per heavy atom. The Hall–Kier alpha value is -6.43. The molecule has 4 nitrogen and oxygen atoms in total. The highest BCUT2D eigenvalue weighted by Crippen LogP contribution is 2.64. The summed E-state index contributed by atoms with van der Waals surface area (Å²) in [7, 11) is 0. The molecule has 2 aromatic heterocycles. The van der Waals surface area contributed by atoms with Crippen LogP contribution in [0.3, 0.4) is 0 Å². The van der Waals surface area contributed by atoms with Crippen LogP contribution in [-0.4, -0.2) is 25.2 Å². The van der Waals surface area contributed by atoms with Crippen molar-refractivity contribution in [3.63, 3.8) is 0 Å². The molecule has 0 bridgehead atoms. The Balaban J connectivity index is 1.20. The number of hydrogen-bond acceptors (Lipinski definition) is 5.